The molecule has 0 aliphatic rings. The van der Waals surface area contributed by atoms with Gasteiger partial charge in [-0.15, -0.1) is 11.6 Å². The van der Waals surface area contributed by atoms with Crippen molar-refractivity contribution in [2.45, 2.75) is 20.3 Å². The largest absolute Gasteiger partial charge is 3.00 e. The number of halogens is 1. The quantitative estimate of drug-likeness (QED) is 0.125. The van der Waals surface area contributed by atoms with Crippen LogP contribution in [0.5, 0.6) is 5.88 Å². The van der Waals surface area contributed by atoms with Gasteiger partial charge in [-0.05, 0) is 29.6 Å². The van der Waals surface area contributed by atoms with Gasteiger partial charge in [0.25, 0.3) is 0 Å². The molecule has 199 valence electrons. The molecule has 5 nitrogen and oxygen atoms in total. The number of rotatable bonds is 6. The summed E-state index contributed by atoms with van der Waals surface area (Å²) in [4.78, 5) is 18.7. The van der Waals surface area contributed by atoms with Gasteiger partial charge in [0.1, 0.15) is 0 Å². The van der Waals surface area contributed by atoms with Crippen molar-refractivity contribution in [2.24, 2.45) is 5.92 Å². The van der Waals surface area contributed by atoms with Crippen molar-refractivity contribution in [2.75, 3.05) is 6.61 Å². The molecule has 1 heterocycles. The van der Waals surface area contributed by atoms with Crippen LogP contribution in [0.15, 0.2) is 121 Å². The Kier molecular flexibility index (Phi) is 17.6. The van der Waals surface area contributed by atoms with Gasteiger partial charge in [-0.1, -0.05) is 62.4 Å². The van der Waals surface area contributed by atoms with Crippen LogP contribution < -0.4 is 4.74 Å². The molecule has 0 atom stereocenters. The summed E-state index contributed by atoms with van der Waals surface area (Å²) in [5, 5.41) is 8.66. The summed E-state index contributed by atoms with van der Waals surface area (Å²) in [6.07, 6.45) is 0.968. The van der Waals surface area contributed by atoms with Crippen molar-refractivity contribution < 1.29 is 36.4 Å². The summed E-state index contributed by atoms with van der Waals surface area (Å²) in [5.41, 5.74) is 1.24. The summed E-state index contributed by atoms with van der Waals surface area (Å²) in [5.74, 6) is 0.671. The van der Waals surface area contributed by atoms with Gasteiger partial charge in [0.05, 0.1) is 12.2 Å². The van der Waals surface area contributed by atoms with Gasteiger partial charge >= 0.3 is 27.7 Å². The molecule has 0 saturated heterocycles. The molecule has 0 bridgehead atoms. The van der Waals surface area contributed by atoms with Crippen LogP contribution in [-0.2, 0) is 21.7 Å². The zero-order valence-corrected chi connectivity index (χ0v) is 24.4. The van der Waals surface area contributed by atoms with Crippen molar-refractivity contribution in [1.82, 2.24) is 9.97 Å². The Morgan fingerprint density at radius 2 is 1.38 bits per heavy atom. The Morgan fingerprint density at radius 1 is 0.872 bits per heavy atom. The predicted octanol–water partition coefficient (Wildman–Crippen LogP) is 8.22. The van der Waals surface area contributed by atoms with Crippen LogP contribution in [0.25, 0.3) is 11.4 Å². The minimum Gasteiger partial charge on any atom is -0.512 e. The standard InChI is InChI=1S/C15H16ClN2O.C7H6O2.2C5H5.Ti/c1-11(2)8-9-19-14-10-13(16)17-15(18-14)12-6-4-3-5-7-12;8-7(9)6-4-2-1-3-5-6;2*1-2-4-5-3-1;/h3-7,11H,8-9H2,1-2H3;1-5H,(H,8,9);2*1-5H;/q-1;;2*-1;+3. The molecule has 0 aliphatic heterocycles. The van der Waals surface area contributed by atoms with E-state index in [0.29, 0.717) is 29.8 Å². The van der Waals surface area contributed by atoms with E-state index in [1.807, 2.05) is 91.0 Å². The molecule has 0 aliphatic carbocycles. The molecule has 5 rings (SSSR count). The fourth-order valence-electron chi connectivity index (χ4n) is 2.76. The first kappa shape index (κ1) is 33.5. The van der Waals surface area contributed by atoms with Crippen LogP contribution in [0.1, 0.15) is 30.6 Å². The van der Waals surface area contributed by atoms with Gasteiger partial charge in [-0.2, -0.15) is 36.4 Å². The van der Waals surface area contributed by atoms with Gasteiger partial charge in [-0.25, -0.2) is 34.0 Å². The maximum absolute atomic E-state index is 10.2. The van der Waals surface area contributed by atoms with Gasteiger partial charge < -0.3 is 15.9 Å². The van der Waals surface area contributed by atoms with Gasteiger partial charge in [0.15, 0.2) is 5.82 Å². The molecule has 5 aromatic rings. The molecule has 7 heteroatoms. The zero-order chi connectivity index (χ0) is 27.4. The fourth-order valence-corrected chi connectivity index (χ4v) is 2.92. The minimum absolute atomic E-state index is 0. The van der Waals surface area contributed by atoms with E-state index >= 15 is 0 Å². The summed E-state index contributed by atoms with van der Waals surface area (Å²) in [6, 6.07) is 40.8. The Balaban J connectivity index is 0.000000311. The van der Waals surface area contributed by atoms with Crippen molar-refractivity contribution >= 4 is 17.6 Å². The van der Waals surface area contributed by atoms with Crippen molar-refractivity contribution in [3.8, 4) is 17.3 Å². The summed E-state index contributed by atoms with van der Waals surface area (Å²) < 4.78 is 5.57. The number of aromatic nitrogens is 2. The Bertz CT molecular complexity index is 1190. The van der Waals surface area contributed by atoms with Crippen LogP contribution in [0, 0.1) is 12.0 Å². The number of nitrogens with zero attached hydrogens (tertiary/aromatic N) is 2. The molecule has 0 spiro atoms. The SMILES string of the molecule is CC(C)CCOc1[c-]c(Cl)nc(-c2ccccc2)n1.O=C(O)c1ccccc1.[Ti+3].c1cc[cH-]c1.c1cc[cH-]c1. The van der Waals surface area contributed by atoms with Gasteiger partial charge in [0, 0.05) is 11.4 Å². The number of benzene rings is 2. The fraction of sp³-hybridized carbons (Fsp3) is 0.156. The molecule has 0 saturated carbocycles. The molecule has 1 radical (unpaired) electrons. The number of aromatic carboxylic acids is 1. The van der Waals surface area contributed by atoms with Gasteiger partial charge in [-0.3, -0.25) is 4.98 Å². The van der Waals surface area contributed by atoms with E-state index in [-0.39, 0.29) is 26.9 Å². The third-order valence-electron chi connectivity index (χ3n) is 4.72. The van der Waals surface area contributed by atoms with Crippen LogP contribution in [0.2, 0.25) is 5.15 Å². The zero-order valence-electron chi connectivity index (χ0n) is 22.1. The number of hydrogen-bond acceptors (Lipinski definition) is 4. The first-order valence-electron chi connectivity index (χ1n) is 12.2. The van der Waals surface area contributed by atoms with E-state index in [9.17, 15) is 4.79 Å². The first-order chi connectivity index (χ1) is 18.5. The van der Waals surface area contributed by atoms with Crippen molar-refractivity contribution in [1.29, 1.82) is 0 Å². The Labute approximate surface area is 251 Å². The Hall–Kier alpha value is -3.51. The predicted molar refractivity (Wildman–Crippen MR) is 154 cm³/mol. The molecule has 0 fully saturated rings. The average Bonchev–Trinajstić information content (AvgIpc) is 3.70. The molecule has 0 unspecified atom stereocenters. The van der Waals surface area contributed by atoms with Crippen LogP contribution in [0.4, 0.5) is 0 Å². The van der Waals surface area contributed by atoms with Crippen LogP contribution in [0.3, 0.4) is 0 Å². The molecule has 1 N–H and O–H groups in total. The van der Waals surface area contributed by atoms with E-state index in [1.54, 1.807) is 30.3 Å². The second kappa shape index (κ2) is 20.5. The number of carboxylic acids is 1. The second-order valence-electron chi connectivity index (χ2n) is 8.26. The minimum atomic E-state index is -0.879. The smallest absolute Gasteiger partial charge is 0.512 e. The molecule has 39 heavy (non-hydrogen) atoms. The molecule has 1 aromatic heterocycles. The van der Waals surface area contributed by atoms with E-state index in [2.05, 4.69) is 29.9 Å². The topological polar surface area (TPSA) is 72.3 Å². The average molecular weight is 576 g/mol. The first-order valence-corrected chi connectivity index (χ1v) is 12.6. The summed E-state index contributed by atoms with van der Waals surface area (Å²) in [7, 11) is 0. The van der Waals surface area contributed by atoms with Crippen LogP contribution in [-0.4, -0.2) is 27.7 Å². The molecule has 0 amide bonds. The number of carbonyl (C=O) groups is 1. The summed E-state index contributed by atoms with van der Waals surface area (Å²) in [6.45, 7) is 4.90. The maximum Gasteiger partial charge on any atom is 3.00 e. The maximum atomic E-state index is 10.2. The van der Waals surface area contributed by atoms with E-state index < -0.39 is 5.97 Å². The molecular weight excluding hydrogens is 544 g/mol. The molecular formula is C32H32ClN2O3Ti. The van der Waals surface area contributed by atoms with Crippen molar-refractivity contribution in [3.05, 3.63) is 138 Å². The monoisotopic (exact) mass is 575 g/mol. The number of ether oxygens (including phenoxy) is 1. The third kappa shape index (κ3) is 15.5. The van der Waals surface area contributed by atoms with Crippen molar-refractivity contribution in [3.63, 3.8) is 0 Å². The molecule has 4 aromatic carbocycles. The summed E-state index contributed by atoms with van der Waals surface area (Å²) >= 11 is 5.95. The van der Waals surface area contributed by atoms with Crippen LogP contribution >= 0.6 is 11.6 Å². The number of hydrogen-bond donors (Lipinski definition) is 1. The van der Waals surface area contributed by atoms with E-state index in [4.69, 9.17) is 21.4 Å². The van der Waals surface area contributed by atoms with E-state index in [1.165, 1.54) is 0 Å². The normalized spacial score (nSPS) is 9.33. The Morgan fingerprint density at radius 3 is 1.79 bits per heavy atom. The van der Waals surface area contributed by atoms with Gasteiger partial charge in [0.2, 0.25) is 0 Å². The van der Waals surface area contributed by atoms with E-state index in [0.717, 1.165) is 12.0 Å². The third-order valence-corrected chi connectivity index (χ3v) is 4.90. The number of carboxylic acid groups (broad SMARTS) is 1. The second-order valence-corrected chi connectivity index (χ2v) is 8.62.